The van der Waals surface area contributed by atoms with Gasteiger partial charge in [0.15, 0.2) is 0 Å². The van der Waals surface area contributed by atoms with E-state index in [0.29, 0.717) is 0 Å². The molecule has 19 heavy (non-hydrogen) atoms. The average Bonchev–Trinajstić information content (AvgIpc) is 2.48. The molecule has 2 heteroatoms. The number of pyridine rings is 1. The largest absolute Gasteiger partial charge is 0.340 e. The van der Waals surface area contributed by atoms with E-state index < -0.39 is 0 Å². The van der Waals surface area contributed by atoms with Crippen LogP contribution >= 0.6 is 0 Å². The van der Waals surface area contributed by atoms with Crippen molar-refractivity contribution in [1.82, 2.24) is 4.98 Å². The van der Waals surface area contributed by atoms with Crippen LogP contribution in [0.15, 0.2) is 60.7 Å². The lowest BCUT2D eigenvalue weighted by atomic mass is 10.1. The zero-order chi connectivity index (χ0) is 13.1. The van der Waals surface area contributed by atoms with Crippen LogP contribution in [0.2, 0.25) is 0 Å². The summed E-state index contributed by atoms with van der Waals surface area (Å²) in [4.78, 5) is 4.63. The van der Waals surface area contributed by atoms with Gasteiger partial charge < -0.3 is 5.32 Å². The van der Waals surface area contributed by atoms with Crippen LogP contribution in [0.3, 0.4) is 0 Å². The minimum Gasteiger partial charge on any atom is -0.340 e. The highest BCUT2D eigenvalue weighted by Crippen LogP contribution is 2.20. The molecule has 0 aliphatic carbocycles. The number of hydrogen-bond acceptors (Lipinski definition) is 2. The molecule has 94 valence electrons. The molecular weight excluding hydrogens is 232 g/mol. The van der Waals surface area contributed by atoms with Crippen LogP contribution in [-0.2, 0) is 6.42 Å². The zero-order valence-corrected chi connectivity index (χ0v) is 10.9. The normalized spacial score (nSPS) is 10.6. The van der Waals surface area contributed by atoms with Crippen molar-refractivity contribution in [2.45, 2.75) is 13.3 Å². The van der Waals surface area contributed by atoms with Crippen molar-refractivity contribution in [2.24, 2.45) is 0 Å². The second-order valence-electron chi connectivity index (χ2n) is 4.57. The Bertz CT molecular complexity index is 690. The van der Waals surface area contributed by atoms with Gasteiger partial charge in [0.25, 0.3) is 0 Å². The molecule has 1 aromatic heterocycles. The van der Waals surface area contributed by atoms with Crippen LogP contribution in [0, 0.1) is 0 Å². The standard InChI is InChI=1S/C17H16N2/c1-2-13-8-10-16-14(12-13)9-11-17(19-16)18-15-6-4-3-5-7-15/h3-12H,2H2,1H3,(H,18,19). The number of hydrogen-bond donors (Lipinski definition) is 1. The molecule has 0 atom stereocenters. The van der Waals surface area contributed by atoms with Gasteiger partial charge in [-0.05, 0) is 48.4 Å². The summed E-state index contributed by atoms with van der Waals surface area (Å²) in [5.74, 6) is 0.878. The lowest BCUT2D eigenvalue weighted by molar-refractivity contribution is 1.14. The lowest BCUT2D eigenvalue weighted by Crippen LogP contribution is -1.93. The van der Waals surface area contributed by atoms with Gasteiger partial charge in [0.05, 0.1) is 5.52 Å². The number of nitrogens with one attached hydrogen (secondary N) is 1. The maximum Gasteiger partial charge on any atom is 0.131 e. The van der Waals surface area contributed by atoms with Crippen LogP contribution in [0.25, 0.3) is 10.9 Å². The van der Waals surface area contributed by atoms with Crippen LogP contribution in [0.4, 0.5) is 11.5 Å². The van der Waals surface area contributed by atoms with Crippen molar-refractivity contribution in [2.75, 3.05) is 5.32 Å². The molecule has 0 amide bonds. The fourth-order valence-corrected chi connectivity index (χ4v) is 2.13. The predicted molar refractivity (Wildman–Crippen MR) is 80.8 cm³/mol. The topological polar surface area (TPSA) is 24.9 Å². The highest BCUT2D eigenvalue weighted by Gasteiger charge is 2.00. The number of nitrogens with zero attached hydrogens (tertiary/aromatic N) is 1. The van der Waals surface area contributed by atoms with Crippen LogP contribution in [0.5, 0.6) is 0 Å². The molecule has 0 saturated carbocycles. The molecule has 0 spiro atoms. The molecule has 0 aliphatic rings. The molecule has 0 bridgehead atoms. The maximum absolute atomic E-state index is 4.63. The van der Waals surface area contributed by atoms with Gasteiger partial charge in [-0.2, -0.15) is 0 Å². The summed E-state index contributed by atoms with van der Waals surface area (Å²) in [5.41, 5.74) is 3.43. The monoisotopic (exact) mass is 248 g/mol. The fourth-order valence-electron chi connectivity index (χ4n) is 2.13. The van der Waals surface area contributed by atoms with E-state index in [1.807, 2.05) is 36.4 Å². The Morgan fingerprint density at radius 1 is 0.947 bits per heavy atom. The molecule has 1 heterocycles. The van der Waals surface area contributed by atoms with Gasteiger partial charge in [0, 0.05) is 11.1 Å². The highest BCUT2D eigenvalue weighted by atomic mass is 15.0. The third kappa shape index (κ3) is 2.58. The second kappa shape index (κ2) is 5.11. The Kier molecular flexibility index (Phi) is 3.15. The molecule has 0 unspecified atom stereocenters. The third-order valence-electron chi connectivity index (χ3n) is 3.21. The maximum atomic E-state index is 4.63. The SMILES string of the molecule is CCc1ccc2nc(Nc3ccccc3)ccc2c1. The highest BCUT2D eigenvalue weighted by molar-refractivity contribution is 5.81. The molecule has 3 rings (SSSR count). The Morgan fingerprint density at radius 3 is 2.58 bits per heavy atom. The molecule has 3 aromatic rings. The molecule has 0 aliphatic heterocycles. The van der Waals surface area contributed by atoms with Crippen molar-refractivity contribution >= 4 is 22.4 Å². The Hall–Kier alpha value is -2.35. The van der Waals surface area contributed by atoms with E-state index in [2.05, 4.69) is 41.5 Å². The minimum atomic E-state index is 0.878. The summed E-state index contributed by atoms with van der Waals surface area (Å²) in [6, 6.07) is 20.7. The van der Waals surface area contributed by atoms with Crippen molar-refractivity contribution < 1.29 is 0 Å². The average molecular weight is 248 g/mol. The number of aryl methyl sites for hydroxylation is 1. The number of rotatable bonds is 3. The molecule has 0 radical (unpaired) electrons. The molecule has 0 saturated heterocycles. The summed E-state index contributed by atoms with van der Waals surface area (Å²) < 4.78 is 0. The van der Waals surface area contributed by atoms with Gasteiger partial charge in [-0.25, -0.2) is 4.98 Å². The van der Waals surface area contributed by atoms with Crippen molar-refractivity contribution in [3.63, 3.8) is 0 Å². The first-order valence-electron chi connectivity index (χ1n) is 6.57. The summed E-state index contributed by atoms with van der Waals surface area (Å²) in [5, 5.41) is 4.51. The second-order valence-corrected chi connectivity index (χ2v) is 4.57. The van der Waals surface area contributed by atoms with Gasteiger partial charge in [-0.3, -0.25) is 0 Å². The predicted octanol–water partition coefficient (Wildman–Crippen LogP) is 4.54. The van der Waals surface area contributed by atoms with Crippen LogP contribution < -0.4 is 5.32 Å². The van der Waals surface area contributed by atoms with Crippen molar-refractivity contribution in [1.29, 1.82) is 0 Å². The number of aromatic nitrogens is 1. The van der Waals surface area contributed by atoms with Gasteiger partial charge >= 0.3 is 0 Å². The number of fused-ring (bicyclic) bond motifs is 1. The molecule has 2 nitrogen and oxygen atoms in total. The molecular formula is C17H16N2. The van der Waals surface area contributed by atoms with Crippen LogP contribution in [-0.4, -0.2) is 4.98 Å². The van der Waals surface area contributed by atoms with Crippen molar-refractivity contribution in [3.05, 3.63) is 66.2 Å². The first-order chi connectivity index (χ1) is 9.35. The van der Waals surface area contributed by atoms with Gasteiger partial charge in [-0.15, -0.1) is 0 Å². The van der Waals surface area contributed by atoms with Crippen LogP contribution in [0.1, 0.15) is 12.5 Å². The summed E-state index contributed by atoms with van der Waals surface area (Å²) in [7, 11) is 0. The van der Waals surface area contributed by atoms with E-state index in [1.54, 1.807) is 0 Å². The summed E-state index contributed by atoms with van der Waals surface area (Å²) >= 11 is 0. The van der Waals surface area contributed by atoms with Gasteiger partial charge in [-0.1, -0.05) is 31.2 Å². The van der Waals surface area contributed by atoms with E-state index in [4.69, 9.17) is 0 Å². The molecule has 0 fully saturated rings. The first-order valence-corrected chi connectivity index (χ1v) is 6.57. The Balaban J connectivity index is 1.94. The minimum absolute atomic E-state index is 0.878. The number of anilines is 2. The van der Waals surface area contributed by atoms with E-state index in [-0.39, 0.29) is 0 Å². The van der Waals surface area contributed by atoms with E-state index in [0.717, 1.165) is 23.4 Å². The van der Waals surface area contributed by atoms with Crippen molar-refractivity contribution in [3.8, 4) is 0 Å². The Morgan fingerprint density at radius 2 is 1.79 bits per heavy atom. The zero-order valence-electron chi connectivity index (χ0n) is 10.9. The van der Waals surface area contributed by atoms with Gasteiger partial charge in [0.1, 0.15) is 5.82 Å². The van der Waals surface area contributed by atoms with E-state index in [1.165, 1.54) is 10.9 Å². The smallest absolute Gasteiger partial charge is 0.131 e. The number of para-hydroxylation sites is 1. The number of benzene rings is 2. The quantitative estimate of drug-likeness (QED) is 0.736. The third-order valence-corrected chi connectivity index (χ3v) is 3.21. The summed E-state index contributed by atoms with van der Waals surface area (Å²) in [6.45, 7) is 2.17. The lowest BCUT2D eigenvalue weighted by Gasteiger charge is -2.07. The van der Waals surface area contributed by atoms with E-state index in [9.17, 15) is 0 Å². The molecule has 1 N–H and O–H groups in total. The fraction of sp³-hybridized carbons (Fsp3) is 0.118. The van der Waals surface area contributed by atoms with Gasteiger partial charge in [0.2, 0.25) is 0 Å². The Labute approximate surface area is 113 Å². The first kappa shape index (κ1) is 11.7. The summed E-state index contributed by atoms with van der Waals surface area (Å²) in [6.07, 6.45) is 1.06. The van der Waals surface area contributed by atoms with E-state index >= 15 is 0 Å². The molecule has 2 aromatic carbocycles.